The topological polar surface area (TPSA) is 89.5 Å². The second kappa shape index (κ2) is 8.15. The molecule has 2 aromatic carbocycles. The van der Waals surface area contributed by atoms with Crippen LogP contribution in [-0.2, 0) is 4.79 Å². The van der Waals surface area contributed by atoms with Gasteiger partial charge in [-0.25, -0.2) is 0 Å². The van der Waals surface area contributed by atoms with E-state index < -0.39 is 11.9 Å². The van der Waals surface area contributed by atoms with E-state index >= 15 is 0 Å². The summed E-state index contributed by atoms with van der Waals surface area (Å²) < 4.78 is 0. The Labute approximate surface area is 164 Å². The highest BCUT2D eigenvalue weighted by Crippen LogP contribution is 2.33. The Kier molecular flexibility index (Phi) is 5.68. The third-order valence-corrected chi connectivity index (χ3v) is 5.19. The average molecular weight is 397 g/mol. The number of nitrogens with zero attached hydrogens (tertiary/aromatic N) is 1. The van der Waals surface area contributed by atoms with E-state index in [-0.39, 0.29) is 28.0 Å². The zero-order chi connectivity index (χ0) is 19.4. The molecule has 3 rings (SSSR count). The van der Waals surface area contributed by atoms with Gasteiger partial charge in [-0.15, -0.1) is 0 Å². The van der Waals surface area contributed by atoms with Crippen molar-refractivity contribution in [1.82, 2.24) is 4.90 Å². The highest BCUT2D eigenvalue weighted by molar-refractivity contribution is 8.19. The van der Waals surface area contributed by atoms with Gasteiger partial charge in [0.05, 0.1) is 10.9 Å². The summed E-state index contributed by atoms with van der Waals surface area (Å²) in [4.78, 5) is 37.7. The summed E-state index contributed by atoms with van der Waals surface area (Å²) in [5, 5.41) is 13.2. The van der Waals surface area contributed by atoms with Crippen molar-refractivity contribution in [2.75, 3.05) is 11.9 Å². The molecule has 27 heavy (non-hydrogen) atoms. The summed E-state index contributed by atoms with van der Waals surface area (Å²) in [5.74, 6) is -1.96. The molecule has 2 amide bonds. The lowest BCUT2D eigenvalue weighted by Crippen LogP contribution is -2.36. The van der Waals surface area contributed by atoms with Gasteiger partial charge in [0.15, 0.2) is 0 Å². The number of rotatable bonds is 5. The second-order valence-corrected chi connectivity index (χ2v) is 6.94. The molecule has 6 nitrogen and oxygen atoms in total. The first kappa shape index (κ1) is 18.8. The monoisotopic (exact) mass is 397 g/mol. The molecule has 1 heterocycles. The molecule has 0 bridgehead atoms. The number of carbonyl (C=O) groups is 3. The molecule has 8 heteroatoms. The van der Waals surface area contributed by atoms with E-state index in [1.54, 1.807) is 12.1 Å². The maximum Gasteiger partial charge on any atom is 0.292 e. The van der Waals surface area contributed by atoms with Gasteiger partial charge in [0, 0.05) is 11.3 Å². The molecule has 1 aliphatic rings. The predicted molar refractivity (Wildman–Crippen MR) is 106 cm³/mol. The van der Waals surface area contributed by atoms with Crippen LogP contribution in [0.2, 0.25) is 0 Å². The van der Waals surface area contributed by atoms with Crippen LogP contribution in [0.4, 0.5) is 10.5 Å². The van der Waals surface area contributed by atoms with E-state index in [9.17, 15) is 19.5 Å². The zero-order valence-electron chi connectivity index (χ0n) is 13.9. The lowest BCUT2D eigenvalue weighted by Gasteiger charge is -2.16. The van der Waals surface area contributed by atoms with Crippen LogP contribution in [-0.4, -0.2) is 33.5 Å². The van der Waals surface area contributed by atoms with Gasteiger partial charge in [0.2, 0.25) is 5.91 Å². The van der Waals surface area contributed by atoms with Crippen LogP contribution in [0.25, 0.3) is 6.08 Å². The predicted octanol–water partition coefficient (Wildman–Crippen LogP) is 2.53. The van der Waals surface area contributed by atoms with E-state index in [1.165, 1.54) is 23.1 Å². The molecule has 1 N–H and O–H groups in total. The molecule has 0 saturated carbocycles. The molecular weight excluding hydrogens is 384 g/mol. The van der Waals surface area contributed by atoms with Gasteiger partial charge < -0.3 is 15.2 Å². The van der Waals surface area contributed by atoms with E-state index in [1.807, 2.05) is 30.3 Å². The molecule has 136 valence electrons. The smallest absolute Gasteiger partial charge is 0.292 e. The first-order chi connectivity index (χ1) is 13.0. The minimum Gasteiger partial charge on any atom is -0.545 e. The molecule has 0 aromatic heterocycles. The van der Waals surface area contributed by atoms with Gasteiger partial charge in [-0.1, -0.05) is 60.7 Å². The second-order valence-electron chi connectivity index (χ2n) is 5.56. The fourth-order valence-corrected chi connectivity index (χ4v) is 3.68. The van der Waals surface area contributed by atoms with Crippen LogP contribution >= 0.6 is 24.0 Å². The van der Waals surface area contributed by atoms with Crippen molar-refractivity contribution in [3.05, 3.63) is 70.6 Å². The van der Waals surface area contributed by atoms with Gasteiger partial charge in [0.1, 0.15) is 11.5 Å². The van der Waals surface area contributed by atoms with Crippen molar-refractivity contribution in [3.63, 3.8) is 0 Å². The molecule has 0 unspecified atom stereocenters. The van der Waals surface area contributed by atoms with Crippen LogP contribution in [0.1, 0.15) is 15.9 Å². The molecule has 1 aliphatic heterocycles. The van der Waals surface area contributed by atoms with Crippen LogP contribution in [0.3, 0.4) is 0 Å². The van der Waals surface area contributed by atoms with Gasteiger partial charge in [-0.2, -0.15) is 0 Å². The number of thioether (sulfide) groups is 1. The highest BCUT2D eigenvalue weighted by Gasteiger charge is 2.33. The van der Waals surface area contributed by atoms with Gasteiger partial charge in [-0.05, 0) is 29.5 Å². The van der Waals surface area contributed by atoms with Crippen molar-refractivity contribution >= 4 is 57.8 Å². The molecule has 1 fully saturated rings. The van der Waals surface area contributed by atoms with E-state index in [0.717, 1.165) is 17.3 Å². The van der Waals surface area contributed by atoms with Crippen LogP contribution in [0, 0.1) is 0 Å². The largest absolute Gasteiger partial charge is 0.545 e. The van der Waals surface area contributed by atoms with E-state index in [4.69, 9.17) is 12.2 Å². The molecular formula is C19H13N2O4S2-. The minimum atomic E-state index is -1.40. The number of aromatic carboxylic acids is 1. The number of carbonyl (C=O) groups excluding carboxylic acids is 3. The van der Waals surface area contributed by atoms with Crippen molar-refractivity contribution in [1.29, 1.82) is 0 Å². The summed E-state index contributed by atoms with van der Waals surface area (Å²) in [6, 6.07) is 15.3. The molecule has 0 spiro atoms. The number of hydrogen-bond acceptors (Lipinski definition) is 6. The zero-order valence-corrected chi connectivity index (χ0v) is 15.5. The molecule has 0 radical (unpaired) electrons. The molecule has 1 saturated heterocycles. The summed E-state index contributed by atoms with van der Waals surface area (Å²) in [6.45, 7) is -0.307. The Hall–Kier alpha value is -2.97. The Morgan fingerprint density at radius 3 is 2.48 bits per heavy atom. The normalized spacial score (nSPS) is 15.3. The number of hydrogen-bond donors (Lipinski definition) is 1. The Morgan fingerprint density at radius 2 is 1.78 bits per heavy atom. The molecule has 0 atom stereocenters. The van der Waals surface area contributed by atoms with Gasteiger partial charge in [0.25, 0.3) is 5.24 Å². The molecule has 0 aliphatic carbocycles. The number of carboxylic acid groups (broad SMARTS) is 1. The minimum absolute atomic E-state index is 0.104. The van der Waals surface area contributed by atoms with Gasteiger partial charge in [-0.3, -0.25) is 14.5 Å². The average Bonchev–Trinajstić information content (AvgIpc) is 2.90. The highest BCUT2D eigenvalue weighted by atomic mass is 32.2. The van der Waals surface area contributed by atoms with Crippen molar-refractivity contribution in [3.8, 4) is 0 Å². The number of amides is 2. The fourth-order valence-electron chi connectivity index (χ4n) is 2.44. The van der Waals surface area contributed by atoms with Gasteiger partial charge >= 0.3 is 0 Å². The maximum absolute atomic E-state index is 12.3. The first-order valence-electron chi connectivity index (χ1n) is 7.86. The van der Waals surface area contributed by atoms with Crippen molar-refractivity contribution in [2.24, 2.45) is 0 Å². The first-order valence-corrected chi connectivity index (χ1v) is 9.09. The van der Waals surface area contributed by atoms with Crippen LogP contribution in [0.5, 0.6) is 0 Å². The molecule has 2 aromatic rings. The third-order valence-electron chi connectivity index (χ3n) is 3.69. The maximum atomic E-state index is 12.3. The number of benzene rings is 2. The van der Waals surface area contributed by atoms with Crippen molar-refractivity contribution < 1.29 is 19.5 Å². The lowest BCUT2D eigenvalue weighted by atomic mass is 10.2. The third kappa shape index (κ3) is 4.42. The standard InChI is InChI=1S/C19H14N2O4S2/c22-16(20-14-9-5-4-8-13(14)18(23)24)11-21-17(26)15(27-19(21)25)10-12-6-2-1-3-7-12/h1-10H,11H2,(H,20,22)(H,23,24)/p-1. The Balaban J connectivity index is 1.71. The number of thiocarbonyl (C=S) groups is 1. The lowest BCUT2D eigenvalue weighted by molar-refractivity contribution is -0.254. The summed E-state index contributed by atoms with van der Waals surface area (Å²) in [6.07, 6.45) is 1.79. The van der Waals surface area contributed by atoms with E-state index in [0.29, 0.717) is 4.91 Å². The van der Waals surface area contributed by atoms with Crippen LogP contribution in [0.15, 0.2) is 59.5 Å². The SMILES string of the molecule is O=C(CN1C(=O)SC(=Cc2ccccc2)C1=S)Nc1ccccc1C(=O)[O-]. The number of para-hydroxylation sites is 1. The summed E-state index contributed by atoms with van der Waals surface area (Å²) in [5.41, 5.74) is 0.859. The fraction of sp³-hybridized carbons (Fsp3) is 0.0526. The summed E-state index contributed by atoms with van der Waals surface area (Å²) in [7, 11) is 0. The summed E-state index contributed by atoms with van der Waals surface area (Å²) >= 11 is 6.28. The number of anilines is 1. The Morgan fingerprint density at radius 1 is 1.11 bits per heavy atom. The quantitative estimate of drug-likeness (QED) is 0.616. The van der Waals surface area contributed by atoms with E-state index in [2.05, 4.69) is 5.32 Å². The number of nitrogens with one attached hydrogen (secondary N) is 1. The Bertz CT molecular complexity index is 957. The number of carboxylic acids is 1. The van der Waals surface area contributed by atoms with Crippen LogP contribution < -0.4 is 10.4 Å². The van der Waals surface area contributed by atoms with Crippen molar-refractivity contribution in [2.45, 2.75) is 0 Å².